The Morgan fingerprint density at radius 3 is 2.18 bits per heavy atom. The van der Waals surface area contributed by atoms with Crippen molar-refractivity contribution < 1.29 is 22.7 Å². The van der Waals surface area contributed by atoms with Gasteiger partial charge in [0.15, 0.2) is 0 Å². The Hall–Kier alpha value is -4.34. The first-order valence-corrected chi connectivity index (χ1v) is 15.9. The van der Waals surface area contributed by atoms with Gasteiger partial charge in [0, 0.05) is 25.0 Å². The van der Waals surface area contributed by atoms with Crippen LogP contribution in [0.3, 0.4) is 0 Å². The van der Waals surface area contributed by atoms with Crippen molar-refractivity contribution in [1.82, 2.24) is 10.2 Å². The van der Waals surface area contributed by atoms with Crippen LogP contribution in [0.2, 0.25) is 5.02 Å². The standard InChI is InChI=1S/C34H36ClN3O5S/c1-24-13-16-29(19-25(24)2)38(44(41,42)31-17-14-28(35)15-18-31)23-33(39)37(22-27-11-8-12-30(20-27)43-4)32(34(40)36-3)21-26-9-6-5-7-10-26/h5-20,32H,21-23H2,1-4H3,(H,36,40)/t32-/m0/s1. The zero-order chi connectivity index (χ0) is 31.9. The number of methoxy groups -OCH3 is 1. The van der Waals surface area contributed by atoms with Crippen LogP contribution in [0.4, 0.5) is 5.69 Å². The summed E-state index contributed by atoms with van der Waals surface area (Å²) in [6, 6.07) is 26.7. The predicted molar refractivity (Wildman–Crippen MR) is 173 cm³/mol. The van der Waals surface area contributed by atoms with Crippen molar-refractivity contribution in [2.24, 2.45) is 0 Å². The number of aryl methyl sites for hydroxylation is 2. The van der Waals surface area contributed by atoms with Gasteiger partial charge < -0.3 is 15.0 Å². The Bertz CT molecular complexity index is 1710. The van der Waals surface area contributed by atoms with Crippen LogP contribution >= 0.6 is 11.6 Å². The van der Waals surface area contributed by atoms with E-state index in [4.69, 9.17) is 16.3 Å². The molecule has 0 aliphatic carbocycles. The van der Waals surface area contributed by atoms with Crippen LogP contribution in [0.1, 0.15) is 22.3 Å². The second kappa shape index (κ2) is 14.4. The van der Waals surface area contributed by atoms with E-state index in [1.165, 1.54) is 36.2 Å². The Balaban J connectivity index is 1.81. The van der Waals surface area contributed by atoms with E-state index in [9.17, 15) is 18.0 Å². The van der Waals surface area contributed by atoms with Gasteiger partial charge in [0.1, 0.15) is 18.3 Å². The highest BCUT2D eigenvalue weighted by atomic mass is 35.5. The van der Waals surface area contributed by atoms with Crippen LogP contribution in [-0.2, 0) is 32.6 Å². The molecular weight excluding hydrogens is 598 g/mol. The molecule has 4 rings (SSSR count). The molecule has 1 N–H and O–H groups in total. The number of amides is 2. The molecule has 230 valence electrons. The number of carbonyl (C=O) groups is 2. The van der Waals surface area contributed by atoms with Crippen LogP contribution in [0.15, 0.2) is 102 Å². The van der Waals surface area contributed by atoms with Gasteiger partial charge in [-0.2, -0.15) is 0 Å². The molecular formula is C34H36ClN3O5S. The van der Waals surface area contributed by atoms with E-state index in [0.717, 1.165) is 26.6 Å². The summed E-state index contributed by atoms with van der Waals surface area (Å²) < 4.78 is 34.7. The lowest BCUT2D eigenvalue weighted by molar-refractivity contribution is -0.139. The van der Waals surface area contributed by atoms with Crippen LogP contribution in [0.5, 0.6) is 5.75 Å². The highest BCUT2D eigenvalue weighted by molar-refractivity contribution is 7.92. The third-order valence-electron chi connectivity index (χ3n) is 7.46. The fraction of sp³-hybridized carbons (Fsp3) is 0.235. The summed E-state index contributed by atoms with van der Waals surface area (Å²) in [5.74, 6) is -0.326. The molecule has 4 aromatic carbocycles. The second-order valence-corrected chi connectivity index (χ2v) is 12.7. The average Bonchev–Trinajstić information content (AvgIpc) is 3.03. The van der Waals surface area contributed by atoms with Gasteiger partial charge in [0.05, 0.1) is 17.7 Å². The lowest BCUT2D eigenvalue weighted by Crippen LogP contribution is -2.53. The number of hydrogen-bond donors (Lipinski definition) is 1. The fourth-order valence-corrected chi connectivity index (χ4v) is 6.36. The minimum absolute atomic E-state index is 0.0144. The number of nitrogens with zero attached hydrogens (tertiary/aromatic N) is 2. The van der Waals surface area contributed by atoms with Crippen molar-refractivity contribution in [3.05, 3.63) is 124 Å². The summed E-state index contributed by atoms with van der Waals surface area (Å²) in [4.78, 5) is 29.2. The Morgan fingerprint density at radius 2 is 1.55 bits per heavy atom. The summed E-state index contributed by atoms with van der Waals surface area (Å²) in [7, 11) is -1.15. The van der Waals surface area contributed by atoms with E-state index < -0.39 is 28.5 Å². The van der Waals surface area contributed by atoms with Gasteiger partial charge in [0.2, 0.25) is 11.8 Å². The van der Waals surface area contributed by atoms with Gasteiger partial charge >= 0.3 is 0 Å². The van der Waals surface area contributed by atoms with Crippen LogP contribution < -0.4 is 14.4 Å². The van der Waals surface area contributed by atoms with E-state index in [1.54, 1.807) is 37.4 Å². The number of sulfonamides is 1. The summed E-state index contributed by atoms with van der Waals surface area (Å²) in [5.41, 5.74) is 3.75. The molecule has 0 bridgehead atoms. The SMILES string of the molecule is CNC(=O)[C@H](Cc1ccccc1)N(Cc1cccc(OC)c1)C(=O)CN(c1ccc(C)c(C)c1)S(=O)(=O)c1ccc(Cl)cc1. The first-order chi connectivity index (χ1) is 21.0. The van der Waals surface area contributed by atoms with Crippen molar-refractivity contribution in [1.29, 1.82) is 0 Å². The maximum Gasteiger partial charge on any atom is 0.264 e. The normalized spacial score (nSPS) is 11.8. The lowest BCUT2D eigenvalue weighted by atomic mass is 10.0. The second-order valence-electron chi connectivity index (χ2n) is 10.4. The molecule has 4 aromatic rings. The van der Waals surface area contributed by atoms with Gasteiger partial charge in [-0.15, -0.1) is 0 Å². The molecule has 0 saturated carbocycles. The summed E-state index contributed by atoms with van der Waals surface area (Å²) in [6.07, 6.45) is 0.226. The summed E-state index contributed by atoms with van der Waals surface area (Å²) >= 11 is 6.05. The van der Waals surface area contributed by atoms with Crippen molar-refractivity contribution in [2.45, 2.75) is 37.8 Å². The zero-order valence-corrected chi connectivity index (χ0v) is 26.7. The van der Waals surface area contributed by atoms with Gasteiger partial charge in [0.25, 0.3) is 10.0 Å². The summed E-state index contributed by atoms with van der Waals surface area (Å²) in [5, 5.41) is 3.07. The number of halogens is 1. The highest BCUT2D eigenvalue weighted by Gasteiger charge is 2.34. The van der Waals surface area contributed by atoms with Crippen molar-refractivity contribution in [3.63, 3.8) is 0 Å². The number of anilines is 1. The van der Waals surface area contributed by atoms with Crippen molar-refractivity contribution in [2.75, 3.05) is 25.0 Å². The first kappa shape index (κ1) is 32.6. The quantitative estimate of drug-likeness (QED) is 0.221. The lowest BCUT2D eigenvalue weighted by Gasteiger charge is -2.33. The molecule has 0 spiro atoms. The van der Waals surface area contributed by atoms with E-state index in [-0.39, 0.29) is 23.8 Å². The largest absolute Gasteiger partial charge is 0.497 e. The van der Waals surface area contributed by atoms with Crippen LogP contribution in [-0.4, -0.2) is 51.9 Å². The molecule has 1 atom stereocenters. The smallest absolute Gasteiger partial charge is 0.264 e. The third kappa shape index (κ3) is 7.78. The molecule has 0 aromatic heterocycles. The van der Waals surface area contributed by atoms with E-state index in [1.807, 2.05) is 56.3 Å². The maximum atomic E-state index is 14.4. The fourth-order valence-electron chi connectivity index (χ4n) is 4.83. The highest BCUT2D eigenvalue weighted by Crippen LogP contribution is 2.28. The molecule has 0 heterocycles. The van der Waals surface area contributed by atoms with Crippen molar-refractivity contribution >= 4 is 39.1 Å². The van der Waals surface area contributed by atoms with Crippen molar-refractivity contribution in [3.8, 4) is 5.75 Å². The topological polar surface area (TPSA) is 96.0 Å². The maximum absolute atomic E-state index is 14.4. The molecule has 0 saturated heterocycles. The summed E-state index contributed by atoms with van der Waals surface area (Å²) in [6.45, 7) is 3.31. The minimum atomic E-state index is -4.22. The van der Waals surface area contributed by atoms with Gasteiger partial charge in [-0.1, -0.05) is 60.1 Å². The molecule has 2 amide bonds. The number of ether oxygens (including phenoxy) is 1. The number of benzene rings is 4. The minimum Gasteiger partial charge on any atom is -0.497 e. The van der Waals surface area contributed by atoms with E-state index >= 15 is 0 Å². The predicted octanol–water partition coefficient (Wildman–Crippen LogP) is 5.55. The number of nitrogens with one attached hydrogen (secondary N) is 1. The average molecular weight is 634 g/mol. The number of likely N-dealkylation sites (N-methyl/N-ethyl adjacent to an activating group) is 1. The Morgan fingerprint density at radius 1 is 0.864 bits per heavy atom. The van der Waals surface area contributed by atoms with E-state index in [2.05, 4.69) is 5.32 Å². The van der Waals surface area contributed by atoms with Gasteiger partial charge in [-0.05, 0) is 84.6 Å². The Labute approximate surface area is 264 Å². The van der Waals surface area contributed by atoms with Crippen LogP contribution in [0, 0.1) is 13.8 Å². The zero-order valence-electron chi connectivity index (χ0n) is 25.2. The third-order valence-corrected chi connectivity index (χ3v) is 9.50. The number of hydrogen-bond acceptors (Lipinski definition) is 5. The number of rotatable bonds is 12. The van der Waals surface area contributed by atoms with E-state index in [0.29, 0.717) is 16.5 Å². The molecule has 0 aliphatic rings. The molecule has 0 radical (unpaired) electrons. The molecule has 0 unspecified atom stereocenters. The Kier molecular flexibility index (Phi) is 10.7. The molecule has 0 fully saturated rings. The monoisotopic (exact) mass is 633 g/mol. The first-order valence-electron chi connectivity index (χ1n) is 14.1. The molecule has 8 nitrogen and oxygen atoms in total. The van der Waals surface area contributed by atoms with Gasteiger partial charge in [-0.25, -0.2) is 8.42 Å². The number of carbonyl (C=O) groups excluding carboxylic acids is 2. The molecule has 0 aliphatic heterocycles. The molecule has 10 heteroatoms. The molecule has 44 heavy (non-hydrogen) atoms. The van der Waals surface area contributed by atoms with Crippen LogP contribution in [0.25, 0.3) is 0 Å². The van der Waals surface area contributed by atoms with Gasteiger partial charge in [-0.3, -0.25) is 13.9 Å².